The van der Waals surface area contributed by atoms with Gasteiger partial charge in [0.15, 0.2) is 0 Å². The van der Waals surface area contributed by atoms with Crippen molar-refractivity contribution in [2.24, 2.45) is 11.7 Å². The molecule has 0 saturated carbocycles. The van der Waals surface area contributed by atoms with Gasteiger partial charge in [0.05, 0.1) is 16.3 Å². The molecule has 0 aromatic heterocycles. The lowest BCUT2D eigenvalue weighted by Gasteiger charge is -2.16. The number of carbonyl (C=O) groups excluding carboxylic acids is 1. The molecule has 1 unspecified atom stereocenters. The number of rotatable bonds is 5. The SMILES string of the molecule is CC(C)C(N)CC(=O)Nc1c(Cl)cc(Cl)cc1C(=O)O. The lowest BCUT2D eigenvalue weighted by atomic mass is 10.0. The third kappa shape index (κ3) is 4.37. The summed E-state index contributed by atoms with van der Waals surface area (Å²) >= 11 is 11.7. The summed E-state index contributed by atoms with van der Waals surface area (Å²) in [6.07, 6.45) is 0.0790. The summed E-state index contributed by atoms with van der Waals surface area (Å²) < 4.78 is 0. The van der Waals surface area contributed by atoms with Crippen LogP contribution in [0.5, 0.6) is 0 Å². The second-order valence-corrected chi connectivity index (χ2v) is 5.62. The van der Waals surface area contributed by atoms with Crippen LogP contribution in [0.2, 0.25) is 10.0 Å². The topological polar surface area (TPSA) is 92.4 Å². The zero-order valence-corrected chi connectivity index (χ0v) is 12.6. The molecule has 0 aliphatic heterocycles. The summed E-state index contributed by atoms with van der Waals surface area (Å²) in [6, 6.07) is 2.29. The fourth-order valence-corrected chi connectivity index (χ4v) is 2.05. The van der Waals surface area contributed by atoms with Crippen LogP contribution in [-0.2, 0) is 4.79 Å². The van der Waals surface area contributed by atoms with Crippen molar-refractivity contribution in [3.63, 3.8) is 0 Å². The highest BCUT2D eigenvalue weighted by Gasteiger charge is 2.19. The first-order valence-electron chi connectivity index (χ1n) is 6.00. The van der Waals surface area contributed by atoms with Gasteiger partial charge in [0.25, 0.3) is 0 Å². The van der Waals surface area contributed by atoms with Crippen molar-refractivity contribution in [3.8, 4) is 0 Å². The molecular weight excluding hydrogens is 303 g/mol. The minimum atomic E-state index is -1.22. The van der Waals surface area contributed by atoms with Crippen LogP contribution in [0.15, 0.2) is 12.1 Å². The molecule has 4 N–H and O–H groups in total. The van der Waals surface area contributed by atoms with E-state index in [1.165, 1.54) is 12.1 Å². The van der Waals surface area contributed by atoms with Gasteiger partial charge in [-0.3, -0.25) is 4.79 Å². The zero-order chi connectivity index (χ0) is 15.4. The van der Waals surface area contributed by atoms with Crippen molar-refractivity contribution >= 4 is 40.8 Å². The highest BCUT2D eigenvalue weighted by Crippen LogP contribution is 2.30. The molecule has 1 aromatic rings. The van der Waals surface area contributed by atoms with Crippen molar-refractivity contribution in [1.82, 2.24) is 0 Å². The summed E-state index contributed by atoms with van der Waals surface area (Å²) in [5.41, 5.74) is 5.67. The number of hydrogen-bond acceptors (Lipinski definition) is 3. The first kappa shape index (κ1) is 16.8. The molecule has 1 amide bonds. The molecule has 0 aliphatic carbocycles. The number of carboxylic acids is 1. The zero-order valence-electron chi connectivity index (χ0n) is 11.1. The van der Waals surface area contributed by atoms with Crippen LogP contribution in [0.3, 0.4) is 0 Å². The van der Waals surface area contributed by atoms with Crippen LogP contribution >= 0.6 is 23.2 Å². The number of anilines is 1. The van der Waals surface area contributed by atoms with Crippen LogP contribution in [0.4, 0.5) is 5.69 Å². The van der Waals surface area contributed by atoms with Crippen molar-refractivity contribution in [3.05, 3.63) is 27.7 Å². The quantitative estimate of drug-likeness (QED) is 0.778. The standard InChI is InChI=1S/C13H16Cl2N2O3/c1-6(2)10(16)5-11(18)17-12-8(13(19)20)3-7(14)4-9(12)15/h3-4,6,10H,5,16H2,1-2H3,(H,17,18)(H,19,20). The third-order valence-corrected chi connectivity index (χ3v) is 3.34. The number of nitrogens with one attached hydrogen (secondary N) is 1. The fraction of sp³-hybridized carbons (Fsp3) is 0.385. The number of halogens is 2. The molecule has 0 spiro atoms. The van der Waals surface area contributed by atoms with Crippen LogP contribution in [0.25, 0.3) is 0 Å². The van der Waals surface area contributed by atoms with Gasteiger partial charge in [0.2, 0.25) is 5.91 Å². The van der Waals surface area contributed by atoms with Gasteiger partial charge in [-0.25, -0.2) is 4.79 Å². The minimum absolute atomic E-state index is 0.0320. The molecule has 0 fully saturated rings. The molecule has 20 heavy (non-hydrogen) atoms. The molecule has 0 bridgehead atoms. The van der Waals surface area contributed by atoms with E-state index < -0.39 is 11.9 Å². The van der Waals surface area contributed by atoms with E-state index in [0.717, 1.165) is 0 Å². The Bertz CT molecular complexity index is 533. The number of carboxylic acid groups (broad SMARTS) is 1. The first-order valence-corrected chi connectivity index (χ1v) is 6.75. The highest BCUT2D eigenvalue weighted by molar-refractivity contribution is 6.37. The predicted octanol–water partition coefficient (Wildman–Crippen LogP) is 3.00. The molecule has 1 atom stereocenters. The van der Waals surface area contributed by atoms with Crippen molar-refractivity contribution in [2.75, 3.05) is 5.32 Å². The van der Waals surface area contributed by atoms with E-state index in [4.69, 9.17) is 34.0 Å². The maximum atomic E-state index is 11.9. The van der Waals surface area contributed by atoms with E-state index in [-0.39, 0.29) is 39.7 Å². The van der Waals surface area contributed by atoms with Gasteiger partial charge >= 0.3 is 5.97 Å². The van der Waals surface area contributed by atoms with Gasteiger partial charge in [0, 0.05) is 17.5 Å². The molecule has 5 nitrogen and oxygen atoms in total. The number of aromatic carboxylic acids is 1. The predicted molar refractivity (Wildman–Crippen MR) is 79.5 cm³/mol. The van der Waals surface area contributed by atoms with Gasteiger partial charge < -0.3 is 16.2 Å². The van der Waals surface area contributed by atoms with E-state index >= 15 is 0 Å². The third-order valence-electron chi connectivity index (χ3n) is 2.83. The summed E-state index contributed by atoms with van der Waals surface area (Å²) in [5, 5.41) is 11.8. The highest BCUT2D eigenvalue weighted by atomic mass is 35.5. The lowest BCUT2D eigenvalue weighted by molar-refractivity contribution is -0.116. The summed E-state index contributed by atoms with van der Waals surface area (Å²) in [7, 11) is 0. The van der Waals surface area contributed by atoms with Crippen LogP contribution < -0.4 is 11.1 Å². The molecule has 0 saturated heterocycles. The Hall–Kier alpha value is -1.30. The van der Waals surface area contributed by atoms with Gasteiger partial charge in [-0.1, -0.05) is 37.0 Å². The maximum Gasteiger partial charge on any atom is 0.337 e. The molecule has 0 heterocycles. The second-order valence-electron chi connectivity index (χ2n) is 4.78. The Kier molecular flexibility index (Phi) is 5.80. The largest absolute Gasteiger partial charge is 0.478 e. The van der Waals surface area contributed by atoms with E-state index in [2.05, 4.69) is 5.32 Å². The number of hydrogen-bond donors (Lipinski definition) is 3. The van der Waals surface area contributed by atoms with Crippen molar-refractivity contribution in [2.45, 2.75) is 26.3 Å². The first-order chi connectivity index (χ1) is 9.22. The Morgan fingerprint density at radius 1 is 1.35 bits per heavy atom. The Balaban J connectivity index is 2.97. The summed E-state index contributed by atoms with van der Waals surface area (Å²) in [4.78, 5) is 23.0. The maximum absolute atomic E-state index is 11.9. The van der Waals surface area contributed by atoms with E-state index in [1.807, 2.05) is 13.8 Å². The Labute approximate surface area is 127 Å². The second kappa shape index (κ2) is 6.92. The van der Waals surface area contributed by atoms with Crippen LogP contribution in [-0.4, -0.2) is 23.0 Å². The van der Waals surface area contributed by atoms with Gasteiger partial charge in [-0.2, -0.15) is 0 Å². The molecule has 110 valence electrons. The Morgan fingerprint density at radius 2 is 1.95 bits per heavy atom. The molecule has 7 heteroatoms. The number of carbonyl (C=O) groups is 2. The van der Waals surface area contributed by atoms with E-state index in [1.54, 1.807) is 0 Å². The number of nitrogens with two attached hydrogens (primary N) is 1. The van der Waals surface area contributed by atoms with Gasteiger partial charge in [0.1, 0.15) is 0 Å². The fourth-order valence-electron chi connectivity index (χ4n) is 1.51. The normalized spacial score (nSPS) is 12.3. The molecule has 1 aromatic carbocycles. The molecule has 0 aliphatic rings. The average Bonchev–Trinajstić information content (AvgIpc) is 2.31. The molecular formula is C13H16Cl2N2O3. The lowest BCUT2D eigenvalue weighted by Crippen LogP contribution is -2.31. The Morgan fingerprint density at radius 3 is 2.45 bits per heavy atom. The molecule has 1 rings (SSSR count). The van der Waals surface area contributed by atoms with Crippen LogP contribution in [0.1, 0.15) is 30.6 Å². The molecule has 0 radical (unpaired) electrons. The van der Waals surface area contributed by atoms with Crippen molar-refractivity contribution < 1.29 is 14.7 Å². The van der Waals surface area contributed by atoms with Gasteiger partial charge in [-0.15, -0.1) is 0 Å². The van der Waals surface area contributed by atoms with Crippen LogP contribution in [0, 0.1) is 5.92 Å². The smallest absolute Gasteiger partial charge is 0.337 e. The summed E-state index contributed by atoms with van der Waals surface area (Å²) in [6.45, 7) is 3.80. The minimum Gasteiger partial charge on any atom is -0.478 e. The van der Waals surface area contributed by atoms with Crippen molar-refractivity contribution in [1.29, 1.82) is 0 Å². The summed E-state index contributed by atoms with van der Waals surface area (Å²) in [5.74, 6) is -1.48. The van der Waals surface area contributed by atoms with Gasteiger partial charge in [-0.05, 0) is 18.1 Å². The number of amides is 1. The average molecular weight is 319 g/mol. The van der Waals surface area contributed by atoms with E-state index in [0.29, 0.717) is 0 Å². The monoisotopic (exact) mass is 318 g/mol. The van der Waals surface area contributed by atoms with E-state index in [9.17, 15) is 9.59 Å². The number of benzene rings is 1.